The summed E-state index contributed by atoms with van der Waals surface area (Å²) in [4.78, 5) is 0. The summed E-state index contributed by atoms with van der Waals surface area (Å²) in [6.07, 6.45) is 0. The van der Waals surface area contributed by atoms with Gasteiger partial charge in [0.1, 0.15) is 5.75 Å². The second-order valence-electron chi connectivity index (χ2n) is 4.69. The molecular formula is C11H17NO3S. The molecule has 1 aromatic carbocycles. The van der Waals surface area contributed by atoms with Gasteiger partial charge < -0.3 is 10.8 Å². The minimum absolute atomic E-state index is 0.0692. The van der Waals surface area contributed by atoms with Crippen LogP contribution in [0.4, 0.5) is 0 Å². The molecule has 0 saturated carbocycles. The van der Waals surface area contributed by atoms with Crippen molar-refractivity contribution in [3.63, 3.8) is 0 Å². The topological polar surface area (TPSA) is 80.4 Å². The summed E-state index contributed by atoms with van der Waals surface area (Å²) in [5, 5.41) is 9.22. The molecule has 5 heteroatoms. The van der Waals surface area contributed by atoms with Crippen LogP contribution >= 0.6 is 0 Å². The summed E-state index contributed by atoms with van der Waals surface area (Å²) in [7, 11) is -3.25. The van der Waals surface area contributed by atoms with Gasteiger partial charge in [0.25, 0.3) is 0 Å². The van der Waals surface area contributed by atoms with Gasteiger partial charge >= 0.3 is 0 Å². The van der Waals surface area contributed by atoms with Crippen molar-refractivity contribution in [1.29, 1.82) is 0 Å². The number of rotatable bonds is 4. The molecule has 0 radical (unpaired) electrons. The molecule has 1 rings (SSSR count). The van der Waals surface area contributed by atoms with Crippen molar-refractivity contribution in [2.24, 2.45) is 5.73 Å². The van der Waals surface area contributed by atoms with Crippen LogP contribution in [0.5, 0.6) is 5.75 Å². The third kappa shape index (κ3) is 4.63. The molecule has 0 saturated heterocycles. The van der Waals surface area contributed by atoms with Crippen molar-refractivity contribution < 1.29 is 13.5 Å². The predicted octanol–water partition coefficient (Wildman–Crippen LogP) is 1.04. The number of phenolic OH excluding ortho intramolecular Hbond substituents is 1. The van der Waals surface area contributed by atoms with Crippen molar-refractivity contribution in [1.82, 2.24) is 0 Å². The van der Waals surface area contributed by atoms with E-state index in [9.17, 15) is 13.5 Å². The van der Waals surface area contributed by atoms with E-state index in [0.717, 1.165) is 0 Å². The van der Waals surface area contributed by atoms with E-state index < -0.39 is 15.4 Å². The van der Waals surface area contributed by atoms with Crippen LogP contribution in [0.1, 0.15) is 19.4 Å². The second kappa shape index (κ2) is 4.43. The van der Waals surface area contributed by atoms with E-state index in [0.29, 0.717) is 5.56 Å². The van der Waals surface area contributed by atoms with Crippen LogP contribution in [0.3, 0.4) is 0 Å². The number of phenols is 1. The Labute approximate surface area is 96.0 Å². The molecule has 0 amide bonds. The van der Waals surface area contributed by atoms with Gasteiger partial charge in [0.05, 0.1) is 11.5 Å². The first-order valence-corrected chi connectivity index (χ1v) is 6.77. The van der Waals surface area contributed by atoms with Gasteiger partial charge in [0.15, 0.2) is 9.84 Å². The summed E-state index contributed by atoms with van der Waals surface area (Å²) in [6, 6.07) is 6.23. The van der Waals surface area contributed by atoms with E-state index in [1.165, 1.54) is 12.1 Å². The SMILES string of the molecule is CC(C)(N)CS(=O)(=O)Cc1cccc(O)c1. The van der Waals surface area contributed by atoms with E-state index in [1.807, 2.05) is 0 Å². The zero-order chi connectivity index (χ0) is 12.4. The standard InChI is InChI=1S/C11H17NO3S/c1-11(2,12)8-16(14,15)7-9-4-3-5-10(13)6-9/h3-6,13H,7-8,12H2,1-2H3. The van der Waals surface area contributed by atoms with E-state index in [4.69, 9.17) is 5.73 Å². The maximum absolute atomic E-state index is 11.8. The molecule has 3 N–H and O–H groups in total. The van der Waals surface area contributed by atoms with Gasteiger partial charge in [-0.25, -0.2) is 8.42 Å². The molecule has 0 unspecified atom stereocenters. The van der Waals surface area contributed by atoms with E-state index in [-0.39, 0.29) is 17.3 Å². The molecule has 4 nitrogen and oxygen atoms in total. The van der Waals surface area contributed by atoms with Crippen LogP contribution in [0.2, 0.25) is 0 Å². The van der Waals surface area contributed by atoms with Crippen molar-refractivity contribution >= 4 is 9.84 Å². The summed E-state index contributed by atoms with van der Waals surface area (Å²) in [5.41, 5.74) is 5.51. The highest BCUT2D eigenvalue weighted by molar-refractivity contribution is 7.90. The Kier molecular flexibility index (Phi) is 3.60. The van der Waals surface area contributed by atoms with Crippen molar-refractivity contribution in [3.8, 4) is 5.75 Å². The molecule has 0 aliphatic carbocycles. The van der Waals surface area contributed by atoms with Gasteiger partial charge in [-0.3, -0.25) is 0 Å². The number of sulfone groups is 1. The number of nitrogens with two attached hydrogens (primary N) is 1. The van der Waals surface area contributed by atoms with Crippen LogP contribution in [0, 0.1) is 0 Å². The molecule has 0 heterocycles. The molecule has 0 atom stereocenters. The molecule has 0 bridgehead atoms. The predicted molar refractivity (Wildman–Crippen MR) is 63.9 cm³/mol. The van der Waals surface area contributed by atoms with Crippen LogP contribution in [0.15, 0.2) is 24.3 Å². The minimum atomic E-state index is -3.25. The first-order valence-electron chi connectivity index (χ1n) is 4.95. The van der Waals surface area contributed by atoms with Gasteiger partial charge in [0, 0.05) is 5.54 Å². The lowest BCUT2D eigenvalue weighted by Gasteiger charge is -2.18. The average molecular weight is 243 g/mol. The number of benzene rings is 1. The Balaban J connectivity index is 2.81. The van der Waals surface area contributed by atoms with Crippen molar-refractivity contribution in [2.75, 3.05) is 5.75 Å². The minimum Gasteiger partial charge on any atom is -0.508 e. The lowest BCUT2D eigenvalue weighted by atomic mass is 10.1. The maximum Gasteiger partial charge on any atom is 0.156 e. The Morgan fingerprint density at radius 1 is 1.38 bits per heavy atom. The smallest absolute Gasteiger partial charge is 0.156 e. The highest BCUT2D eigenvalue weighted by Crippen LogP contribution is 2.15. The van der Waals surface area contributed by atoms with E-state index in [2.05, 4.69) is 0 Å². The number of aromatic hydroxyl groups is 1. The molecule has 0 fully saturated rings. The normalized spacial score (nSPS) is 12.7. The van der Waals surface area contributed by atoms with Crippen LogP contribution in [0.25, 0.3) is 0 Å². The molecule has 90 valence electrons. The molecule has 16 heavy (non-hydrogen) atoms. The van der Waals surface area contributed by atoms with Crippen LogP contribution < -0.4 is 5.73 Å². The highest BCUT2D eigenvalue weighted by atomic mass is 32.2. The monoisotopic (exact) mass is 243 g/mol. The third-order valence-electron chi connectivity index (χ3n) is 1.89. The molecule has 1 aromatic rings. The molecule has 0 spiro atoms. The average Bonchev–Trinajstić information content (AvgIpc) is 1.96. The number of hydrogen-bond acceptors (Lipinski definition) is 4. The lowest BCUT2D eigenvalue weighted by molar-refractivity contribution is 0.475. The van der Waals surface area contributed by atoms with Gasteiger partial charge in [-0.1, -0.05) is 12.1 Å². The lowest BCUT2D eigenvalue weighted by Crippen LogP contribution is -2.40. The largest absolute Gasteiger partial charge is 0.508 e. The Hall–Kier alpha value is -1.07. The summed E-state index contributed by atoms with van der Waals surface area (Å²) < 4.78 is 23.5. The Bertz CT molecular complexity index is 460. The Morgan fingerprint density at radius 2 is 2.00 bits per heavy atom. The van der Waals surface area contributed by atoms with E-state index >= 15 is 0 Å². The molecule has 0 aliphatic rings. The molecule has 0 aliphatic heterocycles. The Morgan fingerprint density at radius 3 is 2.50 bits per heavy atom. The molecular weight excluding hydrogens is 226 g/mol. The van der Waals surface area contributed by atoms with E-state index in [1.54, 1.807) is 26.0 Å². The first-order chi connectivity index (χ1) is 7.18. The maximum atomic E-state index is 11.8. The van der Waals surface area contributed by atoms with Crippen LogP contribution in [-0.4, -0.2) is 24.8 Å². The number of hydrogen-bond donors (Lipinski definition) is 2. The third-order valence-corrected chi connectivity index (χ3v) is 3.85. The fraction of sp³-hybridized carbons (Fsp3) is 0.455. The van der Waals surface area contributed by atoms with Gasteiger partial charge in [0.2, 0.25) is 0 Å². The summed E-state index contributed by atoms with van der Waals surface area (Å²) in [5.74, 6) is -0.0998. The van der Waals surface area contributed by atoms with Gasteiger partial charge in [-0.2, -0.15) is 0 Å². The zero-order valence-electron chi connectivity index (χ0n) is 9.47. The van der Waals surface area contributed by atoms with Crippen LogP contribution in [-0.2, 0) is 15.6 Å². The first kappa shape index (κ1) is 13.0. The highest BCUT2D eigenvalue weighted by Gasteiger charge is 2.22. The second-order valence-corrected chi connectivity index (χ2v) is 6.76. The fourth-order valence-electron chi connectivity index (χ4n) is 1.52. The van der Waals surface area contributed by atoms with Gasteiger partial charge in [-0.05, 0) is 31.5 Å². The zero-order valence-corrected chi connectivity index (χ0v) is 10.3. The fourth-order valence-corrected chi connectivity index (χ4v) is 3.44. The van der Waals surface area contributed by atoms with Crippen molar-refractivity contribution in [2.45, 2.75) is 25.1 Å². The summed E-state index contributed by atoms with van der Waals surface area (Å²) >= 11 is 0. The quantitative estimate of drug-likeness (QED) is 0.828. The van der Waals surface area contributed by atoms with Crippen molar-refractivity contribution in [3.05, 3.63) is 29.8 Å². The van der Waals surface area contributed by atoms with Gasteiger partial charge in [-0.15, -0.1) is 0 Å². The molecule has 0 aromatic heterocycles. The summed E-state index contributed by atoms with van der Waals surface area (Å²) in [6.45, 7) is 3.35.